The van der Waals surface area contributed by atoms with Gasteiger partial charge in [0.1, 0.15) is 0 Å². The number of hydrogen-bond donors (Lipinski definition) is 1. The predicted octanol–water partition coefficient (Wildman–Crippen LogP) is 0.388. The zero-order chi connectivity index (χ0) is 5.86. The summed E-state index contributed by atoms with van der Waals surface area (Å²) in [7, 11) is 1.64. The Bertz CT molecular complexity index is 68.5. The maximum Gasteiger partial charge on any atom is 0.222 e. The molecule has 42 valence electrons. The molecule has 0 aliphatic carbocycles. The van der Waals surface area contributed by atoms with Gasteiger partial charge < -0.3 is 5.32 Å². The third kappa shape index (κ3) is 2.20. The van der Waals surface area contributed by atoms with E-state index in [4.69, 9.17) is 0 Å². The standard InChI is InChI=1S/C5H11NO/c1-4(2)5(7)6-3/h4H,1-3H3,(H,6,7). The van der Waals surface area contributed by atoms with E-state index in [1.54, 1.807) is 7.05 Å². The number of hydrogen-bond acceptors (Lipinski definition) is 1. The highest BCUT2D eigenvalue weighted by Gasteiger charge is 2.00. The number of carbonyl (C=O) groups excluding carboxylic acids is 1. The lowest BCUT2D eigenvalue weighted by atomic mass is 10.2. The van der Waals surface area contributed by atoms with Crippen molar-refractivity contribution in [2.45, 2.75) is 13.8 Å². The minimum Gasteiger partial charge on any atom is -0.359 e. The van der Waals surface area contributed by atoms with E-state index in [9.17, 15) is 4.79 Å². The number of rotatable bonds is 1. The molecule has 0 aromatic rings. The Morgan fingerprint density at radius 3 is 2.00 bits per heavy atom. The van der Waals surface area contributed by atoms with Crippen molar-refractivity contribution < 1.29 is 4.79 Å². The van der Waals surface area contributed by atoms with Crippen LogP contribution in [0.2, 0.25) is 0 Å². The molecule has 0 aromatic carbocycles. The van der Waals surface area contributed by atoms with Crippen LogP contribution in [0.15, 0.2) is 0 Å². The van der Waals surface area contributed by atoms with E-state index in [1.165, 1.54) is 0 Å². The van der Waals surface area contributed by atoms with Crippen LogP contribution in [0.1, 0.15) is 13.8 Å². The maximum atomic E-state index is 10.4. The molecule has 1 amide bonds. The van der Waals surface area contributed by atoms with Gasteiger partial charge in [-0.25, -0.2) is 0 Å². The number of carbonyl (C=O) groups is 1. The molecule has 0 spiro atoms. The van der Waals surface area contributed by atoms with Crippen molar-refractivity contribution >= 4 is 5.91 Å². The van der Waals surface area contributed by atoms with Crippen molar-refractivity contribution in [1.29, 1.82) is 0 Å². The second-order valence-corrected chi connectivity index (χ2v) is 1.77. The molecule has 2 heteroatoms. The molecule has 0 rings (SSSR count). The quantitative estimate of drug-likeness (QED) is 0.508. The summed E-state index contributed by atoms with van der Waals surface area (Å²) in [5.41, 5.74) is 0. The molecular formula is C5H11NO. The molecular weight excluding hydrogens is 90.1 g/mol. The monoisotopic (exact) mass is 101 g/mol. The van der Waals surface area contributed by atoms with Crippen LogP contribution in [0.5, 0.6) is 0 Å². The lowest BCUT2D eigenvalue weighted by Gasteiger charge is -1.98. The summed E-state index contributed by atoms with van der Waals surface area (Å²) >= 11 is 0. The van der Waals surface area contributed by atoms with Crippen molar-refractivity contribution in [3.05, 3.63) is 0 Å². The fourth-order valence-corrected chi connectivity index (χ4v) is 0.289. The number of amides is 1. The van der Waals surface area contributed by atoms with Crippen molar-refractivity contribution in [1.82, 2.24) is 5.32 Å². The predicted molar refractivity (Wildman–Crippen MR) is 28.9 cm³/mol. The van der Waals surface area contributed by atoms with E-state index in [0.29, 0.717) is 0 Å². The molecule has 0 unspecified atom stereocenters. The Morgan fingerprint density at radius 2 is 2.00 bits per heavy atom. The third-order valence-electron chi connectivity index (χ3n) is 0.771. The molecule has 0 saturated carbocycles. The van der Waals surface area contributed by atoms with E-state index in [-0.39, 0.29) is 11.8 Å². The highest BCUT2D eigenvalue weighted by atomic mass is 16.1. The highest BCUT2D eigenvalue weighted by Crippen LogP contribution is 1.87. The first-order chi connectivity index (χ1) is 3.18. The smallest absolute Gasteiger partial charge is 0.222 e. The minimum absolute atomic E-state index is 0.0972. The first-order valence-corrected chi connectivity index (χ1v) is 2.40. The first-order valence-electron chi connectivity index (χ1n) is 2.40. The van der Waals surface area contributed by atoms with Gasteiger partial charge in [-0.15, -0.1) is 0 Å². The van der Waals surface area contributed by atoms with Gasteiger partial charge in [-0.1, -0.05) is 13.8 Å². The molecule has 0 fully saturated rings. The molecule has 1 N–H and O–H groups in total. The lowest BCUT2D eigenvalue weighted by Crippen LogP contribution is -2.22. The van der Waals surface area contributed by atoms with Crippen molar-refractivity contribution in [2.75, 3.05) is 7.05 Å². The summed E-state index contributed by atoms with van der Waals surface area (Å²) in [4.78, 5) is 10.4. The summed E-state index contributed by atoms with van der Waals surface area (Å²) < 4.78 is 0. The normalized spacial score (nSPS) is 9.14. The van der Waals surface area contributed by atoms with Crippen LogP contribution in [0.3, 0.4) is 0 Å². The second-order valence-electron chi connectivity index (χ2n) is 1.77. The van der Waals surface area contributed by atoms with Gasteiger partial charge in [-0.2, -0.15) is 0 Å². The molecule has 0 aliphatic rings. The van der Waals surface area contributed by atoms with Gasteiger partial charge in [0.15, 0.2) is 0 Å². The highest BCUT2D eigenvalue weighted by molar-refractivity contribution is 5.77. The lowest BCUT2D eigenvalue weighted by molar-refractivity contribution is -0.123. The third-order valence-corrected chi connectivity index (χ3v) is 0.771. The summed E-state index contributed by atoms with van der Waals surface area (Å²) in [5.74, 6) is 0.213. The van der Waals surface area contributed by atoms with Crippen LogP contribution in [0.25, 0.3) is 0 Å². The van der Waals surface area contributed by atoms with Crippen LogP contribution in [0, 0.1) is 5.92 Å². The number of nitrogens with one attached hydrogen (secondary N) is 1. The first kappa shape index (κ1) is 6.47. The van der Waals surface area contributed by atoms with E-state index in [1.807, 2.05) is 13.8 Å². The zero-order valence-corrected chi connectivity index (χ0v) is 4.99. The molecule has 0 radical (unpaired) electrons. The molecule has 2 nitrogen and oxygen atoms in total. The SMILES string of the molecule is CNC(=O)C(C)C. The molecule has 7 heavy (non-hydrogen) atoms. The van der Waals surface area contributed by atoms with E-state index in [0.717, 1.165) is 0 Å². The van der Waals surface area contributed by atoms with Gasteiger partial charge in [-0.05, 0) is 0 Å². The van der Waals surface area contributed by atoms with Crippen LogP contribution in [-0.4, -0.2) is 13.0 Å². The summed E-state index contributed by atoms with van der Waals surface area (Å²) in [6, 6.07) is 0. The van der Waals surface area contributed by atoms with Gasteiger partial charge in [0.2, 0.25) is 5.91 Å². The Hall–Kier alpha value is -0.530. The van der Waals surface area contributed by atoms with E-state index in [2.05, 4.69) is 5.32 Å². The fraction of sp³-hybridized carbons (Fsp3) is 0.800. The second kappa shape index (κ2) is 2.61. The van der Waals surface area contributed by atoms with Crippen molar-refractivity contribution in [3.63, 3.8) is 0 Å². The van der Waals surface area contributed by atoms with Crippen molar-refractivity contribution in [3.8, 4) is 0 Å². The van der Waals surface area contributed by atoms with Gasteiger partial charge >= 0.3 is 0 Å². The Kier molecular flexibility index (Phi) is 2.41. The van der Waals surface area contributed by atoms with Gasteiger partial charge in [-0.3, -0.25) is 4.79 Å². The minimum atomic E-state index is 0.0972. The van der Waals surface area contributed by atoms with Crippen LogP contribution >= 0.6 is 0 Å². The summed E-state index contributed by atoms with van der Waals surface area (Å²) in [6.45, 7) is 3.72. The van der Waals surface area contributed by atoms with Gasteiger partial charge in [0, 0.05) is 13.0 Å². The Balaban J connectivity index is 3.35. The van der Waals surface area contributed by atoms with E-state index < -0.39 is 0 Å². The van der Waals surface area contributed by atoms with Crippen LogP contribution in [0.4, 0.5) is 0 Å². The molecule has 0 atom stereocenters. The van der Waals surface area contributed by atoms with Gasteiger partial charge in [0.05, 0.1) is 0 Å². The molecule has 0 aromatic heterocycles. The molecule has 0 heterocycles. The fourth-order valence-electron chi connectivity index (χ4n) is 0.289. The molecule has 0 bridgehead atoms. The summed E-state index contributed by atoms with van der Waals surface area (Å²) in [6.07, 6.45) is 0. The molecule has 0 saturated heterocycles. The largest absolute Gasteiger partial charge is 0.359 e. The van der Waals surface area contributed by atoms with Gasteiger partial charge in [0.25, 0.3) is 0 Å². The van der Waals surface area contributed by atoms with Crippen LogP contribution in [-0.2, 0) is 4.79 Å². The van der Waals surface area contributed by atoms with E-state index >= 15 is 0 Å². The Labute approximate surface area is 43.9 Å². The average molecular weight is 101 g/mol. The topological polar surface area (TPSA) is 29.1 Å². The van der Waals surface area contributed by atoms with Crippen LogP contribution < -0.4 is 5.32 Å². The average Bonchev–Trinajstić information content (AvgIpc) is 1.65. The van der Waals surface area contributed by atoms with Crippen molar-refractivity contribution in [2.24, 2.45) is 5.92 Å². The summed E-state index contributed by atoms with van der Waals surface area (Å²) in [5, 5.41) is 2.53. The molecule has 0 aliphatic heterocycles. The Morgan fingerprint density at radius 1 is 1.57 bits per heavy atom. The maximum absolute atomic E-state index is 10.4. The zero-order valence-electron chi connectivity index (χ0n) is 4.99.